The second kappa shape index (κ2) is 11.2. The van der Waals surface area contributed by atoms with E-state index in [1.807, 2.05) is 12.1 Å². The first kappa shape index (κ1) is 27.7. The maximum Gasteiger partial charge on any atom is 0.269 e. The van der Waals surface area contributed by atoms with Crippen molar-refractivity contribution in [1.82, 2.24) is 44.2 Å². The Morgan fingerprint density at radius 1 is 0.978 bits per heavy atom. The lowest BCUT2D eigenvalue weighted by atomic mass is 10.0. The molecule has 2 atom stereocenters. The Morgan fingerprint density at radius 3 is 2.58 bits per heavy atom. The molecule has 15 heteroatoms. The highest BCUT2D eigenvalue weighted by Crippen LogP contribution is 2.28. The first-order chi connectivity index (χ1) is 21.8. The van der Waals surface area contributed by atoms with Crippen LogP contribution in [-0.4, -0.2) is 80.7 Å². The predicted molar refractivity (Wildman–Crippen MR) is 159 cm³/mol. The topological polar surface area (TPSA) is 179 Å². The van der Waals surface area contributed by atoms with E-state index in [2.05, 4.69) is 35.6 Å². The van der Waals surface area contributed by atoms with E-state index < -0.39 is 29.9 Å². The average Bonchev–Trinajstić information content (AvgIpc) is 3.76. The number of likely N-dealkylation sites (tertiary alicyclic amines) is 1. The fourth-order valence-electron chi connectivity index (χ4n) is 5.46. The molecule has 1 aliphatic rings. The number of carbonyl (C=O) groups excluding carboxylic acids is 3. The maximum atomic E-state index is 14.7. The molecule has 1 aromatic carbocycles. The molecule has 5 aromatic heterocycles. The Balaban J connectivity index is 1.11. The molecular formula is C30H24FN11O3. The highest BCUT2D eigenvalue weighted by molar-refractivity contribution is 6.05. The second-order valence-corrected chi connectivity index (χ2v) is 10.5. The van der Waals surface area contributed by atoms with Crippen LogP contribution in [0.3, 0.4) is 0 Å². The van der Waals surface area contributed by atoms with Gasteiger partial charge in [0.1, 0.15) is 24.6 Å². The van der Waals surface area contributed by atoms with Gasteiger partial charge in [-0.05, 0) is 42.0 Å². The van der Waals surface area contributed by atoms with Crippen LogP contribution < -0.4 is 11.1 Å². The smallest absolute Gasteiger partial charge is 0.269 e. The number of fused-ring (bicyclic) bond motifs is 2. The minimum atomic E-state index is -1.40. The number of carbonyl (C=O) groups is 3. The van der Waals surface area contributed by atoms with Gasteiger partial charge < -0.3 is 16.0 Å². The lowest BCUT2D eigenvalue weighted by Gasteiger charge is -2.23. The number of nitrogens with zero attached hydrogens (tertiary/aromatic N) is 9. The van der Waals surface area contributed by atoms with Crippen molar-refractivity contribution >= 4 is 40.2 Å². The summed E-state index contributed by atoms with van der Waals surface area (Å²) in [5.41, 5.74) is 9.11. The van der Waals surface area contributed by atoms with E-state index in [1.165, 1.54) is 9.58 Å². The van der Waals surface area contributed by atoms with Crippen molar-refractivity contribution < 1.29 is 18.8 Å². The number of alkyl halides is 1. The van der Waals surface area contributed by atoms with Crippen LogP contribution in [0.15, 0.2) is 79.6 Å². The molecule has 0 spiro atoms. The van der Waals surface area contributed by atoms with Crippen LogP contribution in [0.25, 0.3) is 39.1 Å². The first-order valence-electron chi connectivity index (χ1n) is 13.9. The summed E-state index contributed by atoms with van der Waals surface area (Å²) in [6.45, 7) is -0.605. The van der Waals surface area contributed by atoms with Crippen molar-refractivity contribution in [3.63, 3.8) is 0 Å². The molecule has 7 rings (SSSR count). The number of rotatable bonds is 7. The number of benzene rings is 1. The predicted octanol–water partition coefficient (Wildman–Crippen LogP) is 2.27. The highest BCUT2D eigenvalue weighted by atomic mass is 19.1. The largest absolute Gasteiger partial charge is 0.364 e. The highest BCUT2D eigenvalue weighted by Gasteiger charge is 2.40. The summed E-state index contributed by atoms with van der Waals surface area (Å²) >= 11 is 0. The van der Waals surface area contributed by atoms with E-state index in [-0.39, 0.29) is 31.0 Å². The third-order valence-electron chi connectivity index (χ3n) is 7.61. The summed E-state index contributed by atoms with van der Waals surface area (Å²) in [4.78, 5) is 53.2. The van der Waals surface area contributed by atoms with Gasteiger partial charge in [0.05, 0.1) is 30.1 Å². The maximum absolute atomic E-state index is 14.7. The lowest BCUT2D eigenvalue weighted by molar-refractivity contribution is -0.137. The third kappa shape index (κ3) is 5.30. The number of anilines is 1. The van der Waals surface area contributed by atoms with E-state index in [4.69, 9.17) is 5.73 Å². The van der Waals surface area contributed by atoms with Gasteiger partial charge in [-0.1, -0.05) is 6.07 Å². The van der Waals surface area contributed by atoms with Crippen molar-refractivity contribution in [2.45, 2.75) is 25.2 Å². The molecule has 14 nitrogen and oxygen atoms in total. The minimum Gasteiger partial charge on any atom is -0.364 e. The van der Waals surface area contributed by atoms with Gasteiger partial charge in [-0.25, -0.2) is 9.37 Å². The number of hydrogen-bond acceptors (Lipinski definition) is 9. The Labute approximate surface area is 253 Å². The Bertz CT molecular complexity index is 2080. The molecule has 0 saturated carbocycles. The number of imidazole rings is 1. The molecule has 1 saturated heterocycles. The van der Waals surface area contributed by atoms with Crippen LogP contribution in [0, 0.1) is 0 Å². The van der Waals surface area contributed by atoms with Crippen molar-refractivity contribution in [2.75, 3.05) is 11.9 Å². The van der Waals surface area contributed by atoms with Gasteiger partial charge in [-0.15, -0.1) is 0 Å². The zero-order valence-corrected chi connectivity index (χ0v) is 23.5. The Morgan fingerprint density at radius 2 is 1.80 bits per heavy atom. The van der Waals surface area contributed by atoms with Gasteiger partial charge in [0.25, 0.3) is 5.91 Å². The first-order valence-corrected chi connectivity index (χ1v) is 13.9. The summed E-state index contributed by atoms with van der Waals surface area (Å²) in [5, 5.41) is 15.1. The second-order valence-electron chi connectivity index (χ2n) is 10.5. The van der Waals surface area contributed by atoms with E-state index >= 15 is 0 Å². The molecule has 0 radical (unpaired) electrons. The molecule has 6 heterocycles. The number of primary amides is 1. The molecule has 1 aliphatic heterocycles. The molecule has 0 bridgehead atoms. The molecule has 224 valence electrons. The van der Waals surface area contributed by atoms with Crippen LogP contribution in [0.5, 0.6) is 0 Å². The summed E-state index contributed by atoms with van der Waals surface area (Å²) < 4.78 is 17.7. The van der Waals surface area contributed by atoms with Gasteiger partial charge in [0.2, 0.25) is 17.6 Å². The number of aromatic nitrogens is 8. The zero-order valence-electron chi connectivity index (χ0n) is 23.5. The third-order valence-corrected chi connectivity index (χ3v) is 7.61. The number of nitrogens with two attached hydrogens (primary N) is 1. The number of amides is 3. The van der Waals surface area contributed by atoms with Crippen molar-refractivity contribution in [1.29, 1.82) is 0 Å². The van der Waals surface area contributed by atoms with Gasteiger partial charge in [-0.2, -0.15) is 20.3 Å². The molecule has 3 N–H and O–H groups in total. The number of hydrogen-bond donors (Lipinski definition) is 2. The SMILES string of the molecule is NC(=O)c1nn(CC(=O)N2CC(F)CC2C(=O)Nc2ccn3cc(-c4ccncc4)nc3n2)c2ccc(-c3ccnnc3)cc12. The van der Waals surface area contributed by atoms with Gasteiger partial charge in [-0.3, -0.25) is 28.5 Å². The van der Waals surface area contributed by atoms with Gasteiger partial charge >= 0.3 is 0 Å². The van der Waals surface area contributed by atoms with Crippen molar-refractivity contribution in [3.8, 4) is 22.4 Å². The van der Waals surface area contributed by atoms with Gasteiger partial charge in [0, 0.05) is 47.7 Å². The Kier molecular flexibility index (Phi) is 6.88. The molecule has 6 aromatic rings. The minimum absolute atomic E-state index is 0.0201. The standard InChI is InChI=1S/C30H24FN11O3/c31-20-12-24(29(45)37-25-6-10-40-15-22(36-30(40)38-25)17-3-7-33-8-4-17)41(14-20)26(43)16-42-23-2-1-18(19-5-9-34-35-13-19)11-21(23)27(39-42)28(32)44/h1-11,13,15,20,24H,12,14,16H2,(H2,32,44)(H,36,37,38,45). The van der Waals surface area contributed by atoms with Crippen LogP contribution in [0.2, 0.25) is 0 Å². The fourth-order valence-corrected chi connectivity index (χ4v) is 5.46. The van der Waals surface area contributed by atoms with Crippen molar-refractivity contribution in [3.05, 3.63) is 85.3 Å². The van der Waals surface area contributed by atoms with Gasteiger partial charge in [0.15, 0.2) is 5.69 Å². The van der Waals surface area contributed by atoms with Crippen molar-refractivity contribution in [2.24, 2.45) is 5.73 Å². The molecule has 0 aliphatic carbocycles. The quantitative estimate of drug-likeness (QED) is 0.276. The molecule has 1 fully saturated rings. The number of nitrogens with one attached hydrogen (secondary N) is 1. The average molecular weight is 606 g/mol. The fraction of sp³-hybridized carbons (Fsp3) is 0.167. The zero-order chi connectivity index (χ0) is 31.1. The summed E-state index contributed by atoms with van der Waals surface area (Å²) in [5.74, 6) is -1.34. The van der Waals surface area contributed by atoms with Crippen LogP contribution in [0.4, 0.5) is 10.2 Å². The summed E-state index contributed by atoms with van der Waals surface area (Å²) in [7, 11) is 0. The van der Waals surface area contributed by atoms with Crippen LogP contribution in [0.1, 0.15) is 16.9 Å². The molecule has 3 amide bonds. The number of halogens is 1. The summed E-state index contributed by atoms with van der Waals surface area (Å²) in [6, 6.07) is 11.1. The lowest BCUT2D eigenvalue weighted by Crippen LogP contribution is -2.44. The molecule has 45 heavy (non-hydrogen) atoms. The molecule has 2 unspecified atom stereocenters. The van der Waals surface area contributed by atoms with E-state index in [0.29, 0.717) is 22.4 Å². The van der Waals surface area contributed by atoms with Crippen LogP contribution >= 0.6 is 0 Å². The van der Waals surface area contributed by atoms with E-state index in [0.717, 1.165) is 16.7 Å². The molecular weight excluding hydrogens is 581 g/mol. The van der Waals surface area contributed by atoms with Crippen LogP contribution in [-0.2, 0) is 16.1 Å². The normalized spacial score (nSPS) is 16.3. The van der Waals surface area contributed by atoms with E-state index in [1.54, 1.807) is 71.9 Å². The Hall–Kier alpha value is -6.12. The number of pyridine rings is 1. The summed E-state index contributed by atoms with van der Waals surface area (Å²) in [6.07, 6.45) is 8.36. The van der Waals surface area contributed by atoms with E-state index in [9.17, 15) is 18.8 Å². The monoisotopic (exact) mass is 605 g/mol.